The number of thiazole rings is 1. The molecule has 1 amide bonds. The van der Waals surface area contributed by atoms with Crippen molar-refractivity contribution in [2.24, 2.45) is 0 Å². The van der Waals surface area contributed by atoms with Gasteiger partial charge in [-0.15, -0.1) is 11.3 Å². The smallest absolute Gasteiger partial charge is 0.273 e. The van der Waals surface area contributed by atoms with Gasteiger partial charge in [-0.3, -0.25) is 4.79 Å². The summed E-state index contributed by atoms with van der Waals surface area (Å²) >= 11 is 1.49. The van der Waals surface area contributed by atoms with E-state index in [2.05, 4.69) is 30.1 Å². The molecular weight excluding hydrogens is 474 g/mol. The van der Waals surface area contributed by atoms with E-state index in [0.29, 0.717) is 29.5 Å². The number of ether oxygens (including phenoxy) is 3. The maximum Gasteiger partial charge on any atom is 0.273 e. The lowest BCUT2D eigenvalue weighted by Gasteiger charge is -2.24. The lowest BCUT2D eigenvalue weighted by Crippen LogP contribution is -2.33. The number of aromatic nitrogens is 2. The zero-order chi connectivity index (χ0) is 25.4. The van der Waals surface area contributed by atoms with Gasteiger partial charge in [0.15, 0.2) is 11.5 Å². The summed E-state index contributed by atoms with van der Waals surface area (Å²) in [6.45, 7) is 4.41. The minimum Gasteiger partial charge on any atom is -0.493 e. The average Bonchev–Trinajstić information content (AvgIpc) is 3.64. The standard InChI is InChI=1S/C28H29N3O4S/c1-16-8-6-7-9-20(16)25-18(14-31(19-10-11-19)28(32)23-15-36-17(2)29-23)12-21-22(30-25)13-24(33-3)27(35-5)26(21)34-4/h6-9,12-13,15,19H,10-11,14H2,1-5H3. The Morgan fingerprint density at radius 1 is 1.03 bits per heavy atom. The number of rotatable bonds is 8. The van der Waals surface area contributed by atoms with Crippen molar-refractivity contribution in [3.05, 3.63) is 63.6 Å². The molecule has 0 spiro atoms. The maximum absolute atomic E-state index is 13.5. The lowest BCUT2D eigenvalue weighted by atomic mass is 9.98. The monoisotopic (exact) mass is 503 g/mol. The van der Waals surface area contributed by atoms with Crippen LogP contribution in [0.3, 0.4) is 0 Å². The van der Waals surface area contributed by atoms with Gasteiger partial charge in [0.25, 0.3) is 5.91 Å². The number of benzene rings is 2. The second kappa shape index (κ2) is 9.78. The van der Waals surface area contributed by atoms with Crippen molar-refractivity contribution < 1.29 is 19.0 Å². The van der Waals surface area contributed by atoms with Gasteiger partial charge in [0.1, 0.15) is 5.69 Å². The van der Waals surface area contributed by atoms with E-state index in [1.54, 1.807) is 21.3 Å². The Morgan fingerprint density at radius 3 is 2.39 bits per heavy atom. The third kappa shape index (κ3) is 4.37. The van der Waals surface area contributed by atoms with Gasteiger partial charge in [-0.25, -0.2) is 9.97 Å². The van der Waals surface area contributed by atoms with Crippen LogP contribution in [0.2, 0.25) is 0 Å². The van der Waals surface area contributed by atoms with Gasteiger partial charge in [0.05, 0.1) is 37.5 Å². The fraction of sp³-hybridized carbons (Fsp3) is 0.321. The van der Waals surface area contributed by atoms with Crippen molar-refractivity contribution in [1.29, 1.82) is 0 Å². The van der Waals surface area contributed by atoms with Gasteiger partial charge >= 0.3 is 0 Å². The molecular formula is C28H29N3O4S. The van der Waals surface area contributed by atoms with Crippen molar-refractivity contribution in [3.63, 3.8) is 0 Å². The first-order chi connectivity index (χ1) is 17.4. The summed E-state index contributed by atoms with van der Waals surface area (Å²) in [5.41, 5.74) is 5.14. The van der Waals surface area contributed by atoms with E-state index in [-0.39, 0.29) is 11.9 Å². The zero-order valence-corrected chi connectivity index (χ0v) is 21.9. The van der Waals surface area contributed by atoms with Crippen molar-refractivity contribution in [2.75, 3.05) is 21.3 Å². The first-order valence-corrected chi connectivity index (χ1v) is 12.7. The fourth-order valence-electron chi connectivity index (χ4n) is 4.57. The number of methoxy groups -OCH3 is 3. The number of hydrogen-bond donors (Lipinski definition) is 0. The highest BCUT2D eigenvalue weighted by atomic mass is 32.1. The molecule has 0 N–H and O–H groups in total. The second-order valence-corrected chi connectivity index (χ2v) is 10.0. The maximum atomic E-state index is 13.5. The molecule has 2 aromatic heterocycles. The van der Waals surface area contributed by atoms with Crippen LogP contribution in [0.1, 0.15) is 39.5 Å². The van der Waals surface area contributed by atoms with Gasteiger partial charge < -0.3 is 19.1 Å². The molecule has 0 bridgehead atoms. The van der Waals surface area contributed by atoms with Crippen LogP contribution in [0.25, 0.3) is 22.2 Å². The number of pyridine rings is 1. The van der Waals surface area contributed by atoms with Gasteiger partial charge in [-0.2, -0.15) is 0 Å². The minimum atomic E-state index is -0.0445. The number of carbonyl (C=O) groups excluding carboxylic acids is 1. The topological polar surface area (TPSA) is 73.8 Å². The van der Waals surface area contributed by atoms with Crippen LogP contribution in [0.15, 0.2) is 41.8 Å². The molecule has 7 nitrogen and oxygen atoms in total. The van der Waals surface area contributed by atoms with E-state index in [1.807, 2.05) is 35.4 Å². The summed E-state index contributed by atoms with van der Waals surface area (Å²) in [6.07, 6.45) is 1.98. The number of carbonyl (C=O) groups is 1. The largest absolute Gasteiger partial charge is 0.493 e. The first-order valence-electron chi connectivity index (χ1n) is 11.9. The average molecular weight is 504 g/mol. The number of aryl methyl sites for hydroxylation is 2. The summed E-state index contributed by atoms with van der Waals surface area (Å²) < 4.78 is 17.0. The molecule has 1 saturated carbocycles. The number of amides is 1. The molecule has 0 atom stereocenters. The van der Waals surface area contributed by atoms with Crippen LogP contribution in [0.4, 0.5) is 0 Å². The van der Waals surface area contributed by atoms with E-state index >= 15 is 0 Å². The summed E-state index contributed by atoms with van der Waals surface area (Å²) in [7, 11) is 4.79. The number of nitrogens with zero attached hydrogens (tertiary/aromatic N) is 3. The molecule has 1 fully saturated rings. The van der Waals surface area contributed by atoms with E-state index < -0.39 is 0 Å². The van der Waals surface area contributed by atoms with Crippen LogP contribution < -0.4 is 14.2 Å². The third-order valence-corrected chi connectivity index (χ3v) is 7.30. The number of fused-ring (bicyclic) bond motifs is 1. The zero-order valence-electron chi connectivity index (χ0n) is 21.1. The predicted molar refractivity (Wildman–Crippen MR) is 141 cm³/mol. The van der Waals surface area contributed by atoms with Crippen molar-refractivity contribution in [2.45, 2.75) is 39.3 Å². The highest BCUT2D eigenvalue weighted by Gasteiger charge is 2.35. The first kappa shape index (κ1) is 24.1. The summed E-state index contributed by atoms with van der Waals surface area (Å²) in [4.78, 5) is 25.0. The van der Waals surface area contributed by atoms with Crippen LogP contribution in [0.5, 0.6) is 17.2 Å². The molecule has 4 aromatic rings. The molecule has 0 saturated heterocycles. The molecule has 36 heavy (non-hydrogen) atoms. The summed E-state index contributed by atoms with van der Waals surface area (Å²) in [6, 6.07) is 12.3. The highest BCUT2D eigenvalue weighted by Crippen LogP contribution is 2.44. The highest BCUT2D eigenvalue weighted by molar-refractivity contribution is 7.09. The molecule has 0 aliphatic heterocycles. The Kier molecular flexibility index (Phi) is 6.53. The van der Waals surface area contributed by atoms with Gasteiger partial charge in [-0.05, 0) is 43.9 Å². The van der Waals surface area contributed by atoms with E-state index in [9.17, 15) is 4.79 Å². The Morgan fingerprint density at radius 2 is 1.78 bits per heavy atom. The van der Waals surface area contributed by atoms with E-state index in [0.717, 1.165) is 51.1 Å². The van der Waals surface area contributed by atoms with E-state index in [1.165, 1.54) is 11.3 Å². The Bertz CT molecular complexity index is 1440. The van der Waals surface area contributed by atoms with E-state index in [4.69, 9.17) is 19.2 Å². The van der Waals surface area contributed by atoms with Crippen molar-refractivity contribution in [3.8, 4) is 28.5 Å². The summed E-state index contributed by atoms with van der Waals surface area (Å²) in [5.74, 6) is 1.57. The van der Waals surface area contributed by atoms with Crippen molar-refractivity contribution >= 4 is 28.1 Å². The Balaban J connectivity index is 1.70. The molecule has 0 unspecified atom stereocenters. The molecule has 2 aromatic carbocycles. The molecule has 1 aliphatic carbocycles. The van der Waals surface area contributed by atoms with Crippen LogP contribution in [-0.2, 0) is 6.54 Å². The van der Waals surface area contributed by atoms with Crippen LogP contribution in [0, 0.1) is 13.8 Å². The SMILES string of the molecule is COc1cc2nc(-c3ccccc3C)c(CN(C(=O)c3csc(C)n3)C3CC3)cc2c(OC)c1OC. The normalized spacial score (nSPS) is 13.0. The molecule has 5 rings (SSSR count). The molecule has 1 aliphatic rings. The Labute approximate surface area is 214 Å². The van der Waals surface area contributed by atoms with Crippen LogP contribution >= 0.6 is 11.3 Å². The van der Waals surface area contributed by atoms with Crippen molar-refractivity contribution in [1.82, 2.24) is 14.9 Å². The predicted octanol–water partition coefficient (Wildman–Crippen LogP) is 5.81. The van der Waals surface area contributed by atoms with Gasteiger partial charge in [-0.1, -0.05) is 24.3 Å². The lowest BCUT2D eigenvalue weighted by molar-refractivity contribution is 0.0725. The van der Waals surface area contributed by atoms with Crippen LogP contribution in [-0.4, -0.2) is 48.1 Å². The Hall–Kier alpha value is -3.65. The fourth-order valence-corrected chi connectivity index (χ4v) is 5.16. The molecule has 0 radical (unpaired) electrons. The van der Waals surface area contributed by atoms with Gasteiger partial charge in [0.2, 0.25) is 5.75 Å². The molecule has 186 valence electrons. The summed E-state index contributed by atoms with van der Waals surface area (Å²) in [5, 5.41) is 3.52. The molecule has 2 heterocycles. The molecule has 8 heteroatoms. The second-order valence-electron chi connectivity index (χ2n) is 8.94. The van der Waals surface area contributed by atoms with Gasteiger partial charge in [0, 0.05) is 35.0 Å². The minimum absolute atomic E-state index is 0.0445. The number of hydrogen-bond acceptors (Lipinski definition) is 7. The third-order valence-electron chi connectivity index (χ3n) is 6.53. The quantitative estimate of drug-likeness (QED) is 0.302.